The second kappa shape index (κ2) is 14.3. The van der Waals surface area contributed by atoms with Gasteiger partial charge in [0.15, 0.2) is 0 Å². The minimum Gasteiger partial charge on any atom is -0.474 e. The molecule has 6 aromatic carbocycles. The molecule has 0 atom stereocenters. The van der Waals surface area contributed by atoms with E-state index in [0.717, 1.165) is 89.2 Å². The van der Waals surface area contributed by atoms with Crippen LogP contribution in [-0.2, 0) is 26.5 Å². The summed E-state index contributed by atoms with van der Waals surface area (Å²) in [7, 11) is 0. The Balaban J connectivity index is 0.00000433. The van der Waals surface area contributed by atoms with Crippen LogP contribution in [0.5, 0.6) is 0 Å². The predicted molar refractivity (Wildman–Crippen MR) is 243 cm³/mol. The Morgan fingerprint density at radius 3 is 2.02 bits per heavy atom. The van der Waals surface area contributed by atoms with Crippen LogP contribution in [-0.4, -0.2) is 14.4 Å². The molecule has 0 N–H and O–H groups in total. The van der Waals surface area contributed by atoms with Crippen molar-refractivity contribution in [1.82, 2.24) is 14.4 Å². The SMILES string of the molecule is Cc1cccc(C)c1N(c1[c-]c(-c2ccccn2)cc(-c2ccccc2C(C)(C)C)c1)c1[c-]c(-c2ccccn2)c2c(c1)oc1c3cccc4c5ccccc5n(c43)c12.[Pt+2]. The van der Waals surface area contributed by atoms with Gasteiger partial charge < -0.3 is 23.7 Å². The van der Waals surface area contributed by atoms with E-state index in [1.807, 2.05) is 36.7 Å². The number of aromatic nitrogens is 3. The number of hydrogen-bond acceptors (Lipinski definition) is 4. The van der Waals surface area contributed by atoms with E-state index >= 15 is 0 Å². The molecule has 0 radical (unpaired) electrons. The molecular weight excluding hydrogens is 916 g/mol. The molecule has 0 saturated heterocycles. The van der Waals surface area contributed by atoms with E-state index in [0.29, 0.717) is 0 Å². The molecular formula is C54H40N4OPt. The van der Waals surface area contributed by atoms with E-state index in [1.165, 1.54) is 27.4 Å². The average molecular weight is 956 g/mol. The van der Waals surface area contributed by atoms with Crippen molar-refractivity contribution in [2.45, 2.75) is 40.0 Å². The van der Waals surface area contributed by atoms with Crippen LogP contribution in [0.25, 0.3) is 82.9 Å². The fourth-order valence-corrected chi connectivity index (χ4v) is 9.20. The van der Waals surface area contributed by atoms with E-state index in [1.54, 1.807) is 0 Å². The van der Waals surface area contributed by atoms with Crippen LogP contribution in [0.15, 0.2) is 156 Å². The Morgan fingerprint density at radius 1 is 0.617 bits per heavy atom. The number of fused-ring (bicyclic) bond motifs is 8. The van der Waals surface area contributed by atoms with Gasteiger partial charge in [-0.05, 0) is 93.9 Å². The van der Waals surface area contributed by atoms with Crippen molar-refractivity contribution >= 4 is 66.3 Å². The molecule has 5 heterocycles. The zero-order valence-electron chi connectivity index (χ0n) is 33.9. The number of anilines is 3. The third-order valence-electron chi connectivity index (χ3n) is 11.8. The molecule has 5 aromatic heterocycles. The van der Waals surface area contributed by atoms with Gasteiger partial charge in [0.2, 0.25) is 0 Å². The predicted octanol–water partition coefficient (Wildman–Crippen LogP) is 14.4. The number of para-hydroxylation sites is 3. The molecule has 0 unspecified atom stereocenters. The summed E-state index contributed by atoms with van der Waals surface area (Å²) >= 11 is 0. The van der Waals surface area contributed by atoms with Gasteiger partial charge in [-0.1, -0.05) is 129 Å². The summed E-state index contributed by atoms with van der Waals surface area (Å²) in [5, 5.41) is 4.50. The molecule has 292 valence electrons. The van der Waals surface area contributed by atoms with Crippen LogP contribution < -0.4 is 4.90 Å². The number of pyridine rings is 2. The Hall–Kier alpha value is -6.55. The number of benzene rings is 6. The number of nitrogens with zero attached hydrogens (tertiary/aromatic N) is 4. The van der Waals surface area contributed by atoms with E-state index in [4.69, 9.17) is 14.4 Å². The summed E-state index contributed by atoms with van der Waals surface area (Å²) in [4.78, 5) is 12.1. The molecule has 0 aliphatic rings. The molecule has 0 spiro atoms. The molecule has 11 aromatic rings. The van der Waals surface area contributed by atoms with Crippen molar-refractivity contribution in [3.63, 3.8) is 0 Å². The topological polar surface area (TPSA) is 46.6 Å². The van der Waals surface area contributed by atoms with Crippen LogP contribution in [0.2, 0.25) is 0 Å². The van der Waals surface area contributed by atoms with Gasteiger partial charge in [0.25, 0.3) is 0 Å². The number of hydrogen-bond donors (Lipinski definition) is 0. The summed E-state index contributed by atoms with van der Waals surface area (Å²) in [6.07, 6.45) is 3.70. The van der Waals surface area contributed by atoms with Crippen LogP contribution in [0.4, 0.5) is 17.1 Å². The maximum atomic E-state index is 7.10. The zero-order valence-corrected chi connectivity index (χ0v) is 36.2. The molecule has 0 bridgehead atoms. The molecule has 0 aliphatic carbocycles. The fraction of sp³-hybridized carbons (Fsp3) is 0.111. The van der Waals surface area contributed by atoms with Gasteiger partial charge in [0.05, 0.1) is 22.1 Å². The van der Waals surface area contributed by atoms with Crippen molar-refractivity contribution in [3.8, 4) is 33.6 Å². The molecule has 0 amide bonds. The van der Waals surface area contributed by atoms with E-state index in [-0.39, 0.29) is 26.5 Å². The maximum Gasteiger partial charge on any atom is 2.00 e. The molecule has 0 aliphatic heterocycles. The van der Waals surface area contributed by atoms with Crippen LogP contribution in [0.3, 0.4) is 0 Å². The van der Waals surface area contributed by atoms with Gasteiger partial charge in [-0.2, -0.15) is 0 Å². The molecule has 5 nitrogen and oxygen atoms in total. The minimum atomic E-state index is -0.0842. The third-order valence-corrected chi connectivity index (χ3v) is 11.8. The van der Waals surface area contributed by atoms with Gasteiger partial charge in [0, 0.05) is 34.2 Å². The van der Waals surface area contributed by atoms with Crippen LogP contribution in [0.1, 0.15) is 37.5 Å². The molecule has 0 saturated carbocycles. The van der Waals surface area contributed by atoms with E-state index in [2.05, 4.69) is 171 Å². The van der Waals surface area contributed by atoms with E-state index < -0.39 is 0 Å². The quantitative estimate of drug-likeness (QED) is 0.156. The second-order valence-corrected chi connectivity index (χ2v) is 16.6. The van der Waals surface area contributed by atoms with Crippen molar-refractivity contribution in [2.24, 2.45) is 0 Å². The summed E-state index contributed by atoms with van der Waals surface area (Å²) in [5.41, 5.74) is 16.9. The fourth-order valence-electron chi connectivity index (χ4n) is 9.20. The first-order chi connectivity index (χ1) is 28.7. The Morgan fingerprint density at radius 2 is 1.27 bits per heavy atom. The Bertz CT molecular complexity index is 3380. The average Bonchev–Trinajstić information content (AvgIpc) is 3.91. The minimum absolute atomic E-state index is 0. The number of aryl methyl sites for hydroxylation is 2. The first-order valence-corrected chi connectivity index (χ1v) is 20.2. The van der Waals surface area contributed by atoms with Gasteiger partial charge >= 0.3 is 21.1 Å². The Kier molecular flexibility index (Phi) is 9.00. The number of rotatable bonds is 6. The van der Waals surface area contributed by atoms with Gasteiger partial charge in [-0.25, -0.2) is 0 Å². The van der Waals surface area contributed by atoms with Crippen LogP contribution >= 0.6 is 0 Å². The summed E-state index contributed by atoms with van der Waals surface area (Å²) < 4.78 is 9.48. The summed E-state index contributed by atoms with van der Waals surface area (Å²) in [5.74, 6) is 0. The third kappa shape index (κ3) is 5.86. The first-order valence-electron chi connectivity index (χ1n) is 20.2. The maximum absolute atomic E-state index is 7.10. The number of furan rings is 1. The van der Waals surface area contributed by atoms with Gasteiger partial charge in [-0.15, -0.1) is 35.4 Å². The summed E-state index contributed by atoms with van der Waals surface area (Å²) in [6, 6.07) is 57.0. The van der Waals surface area contributed by atoms with Crippen molar-refractivity contribution in [3.05, 3.63) is 181 Å². The first kappa shape index (κ1) is 37.7. The molecule has 0 fully saturated rings. The Labute approximate surface area is 363 Å². The van der Waals surface area contributed by atoms with E-state index in [9.17, 15) is 0 Å². The standard InChI is InChI=1S/C54H40N4O.Pt/c1-33-16-14-17-34(2)50(33)57(37-29-35(28-36(30-37)45-23-10-12-26-55-45)39-18-6-8-22-44(39)54(3,4)5)38-31-43(46-24-11-13-27-56-46)49-48(32-38)59-53-42-21-15-20-41-40-19-7-9-25-47(40)58(51(41)42)52(49)53;/h6-29,32H,1-5H3;/q-2;+2. The largest absolute Gasteiger partial charge is 2.00 e. The van der Waals surface area contributed by atoms with Gasteiger partial charge in [0.1, 0.15) is 5.58 Å². The second-order valence-electron chi connectivity index (χ2n) is 16.6. The zero-order chi connectivity index (χ0) is 40.0. The van der Waals surface area contributed by atoms with Gasteiger partial charge in [-0.3, -0.25) is 0 Å². The van der Waals surface area contributed by atoms with Crippen molar-refractivity contribution < 1.29 is 25.5 Å². The normalized spacial score (nSPS) is 11.9. The molecule has 60 heavy (non-hydrogen) atoms. The summed E-state index contributed by atoms with van der Waals surface area (Å²) in [6.45, 7) is 11.2. The molecule has 11 rings (SSSR count). The van der Waals surface area contributed by atoms with Crippen LogP contribution in [0, 0.1) is 26.0 Å². The van der Waals surface area contributed by atoms with Crippen molar-refractivity contribution in [1.29, 1.82) is 0 Å². The molecule has 6 heteroatoms. The van der Waals surface area contributed by atoms with Crippen molar-refractivity contribution in [2.75, 3.05) is 4.90 Å². The monoisotopic (exact) mass is 955 g/mol. The smallest absolute Gasteiger partial charge is 0.474 e.